The Labute approximate surface area is 163 Å². The number of amides is 1. The number of carbonyl (C=O) groups excluding carboxylic acids is 1. The molecule has 1 N–H and O–H groups in total. The molecule has 1 heterocycles. The van der Waals surface area contributed by atoms with Gasteiger partial charge in [-0.2, -0.15) is 0 Å². The van der Waals surface area contributed by atoms with Crippen LogP contribution in [0.15, 0.2) is 65.1 Å². The maximum Gasteiger partial charge on any atom is 0.289 e. The van der Waals surface area contributed by atoms with Crippen molar-refractivity contribution in [3.8, 4) is 5.75 Å². The van der Waals surface area contributed by atoms with E-state index in [1.54, 1.807) is 36.3 Å². The number of rotatable bonds is 8. The van der Waals surface area contributed by atoms with Crippen molar-refractivity contribution in [2.75, 3.05) is 13.7 Å². The first-order chi connectivity index (χ1) is 13.6. The van der Waals surface area contributed by atoms with Gasteiger partial charge in [0.2, 0.25) is 0 Å². The fraction of sp³-hybridized carbons (Fsp3) is 0.227. The lowest BCUT2D eigenvalue weighted by atomic mass is 10.1. The summed E-state index contributed by atoms with van der Waals surface area (Å²) in [5.41, 5.74) is 1.79. The van der Waals surface area contributed by atoms with Crippen molar-refractivity contribution in [2.45, 2.75) is 19.6 Å². The lowest BCUT2D eigenvalue weighted by molar-refractivity contribution is 0.0707. The summed E-state index contributed by atoms with van der Waals surface area (Å²) in [7, 11) is 1.59. The van der Waals surface area contributed by atoms with Gasteiger partial charge >= 0.3 is 0 Å². The fourth-order valence-electron chi connectivity index (χ4n) is 2.94. The van der Waals surface area contributed by atoms with E-state index in [9.17, 15) is 14.3 Å². The molecule has 3 rings (SSSR count). The van der Waals surface area contributed by atoms with Gasteiger partial charge in [0.15, 0.2) is 5.76 Å². The molecule has 0 radical (unpaired) electrons. The standard InChI is InChI=1S/C22H22FNO4/c1-27-20-5-3-2-4-17(20)14-24(13-12-16-6-8-18(23)9-7-16)22(26)21-11-10-19(15-25)28-21/h2-11,25H,12-15H2,1H3. The number of carbonyl (C=O) groups is 1. The number of ether oxygens (including phenoxy) is 1. The molecule has 6 heteroatoms. The van der Waals surface area contributed by atoms with Crippen LogP contribution < -0.4 is 4.74 Å². The number of nitrogens with zero attached hydrogens (tertiary/aromatic N) is 1. The third kappa shape index (κ3) is 4.78. The van der Waals surface area contributed by atoms with Crippen LogP contribution in [-0.2, 0) is 19.6 Å². The van der Waals surface area contributed by atoms with Gasteiger partial charge in [-0.1, -0.05) is 30.3 Å². The van der Waals surface area contributed by atoms with E-state index in [1.807, 2.05) is 24.3 Å². The summed E-state index contributed by atoms with van der Waals surface area (Å²) < 4.78 is 23.9. The van der Waals surface area contributed by atoms with E-state index in [0.717, 1.165) is 11.1 Å². The largest absolute Gasteiger partial charge is 0.496 e. The average molecular weight is 383 g/mol. The van der Waals surface area contributed by atoms with Crippen molar-refractivity contribution in [1.29, 1.82) is 0 Å². The molecule has 5 nitrogen and oxygen atoms in total. The summed E-state index contributed by atoms with van der Waals surface area (Å²) >= 11 is 0. The van der Waals surface area contributed by atoms with Crippen molar-refractivity contribution in [1.82, 2.24) is 4.90 Å². The van der Waals surface area contributed by atoms with Gasteiger partial charge in [0, 0.05) is 18.7 Å². The highest BCUT2D eigenvalue weighted by Crippen LogP contribution is 2.21. The Morgan fingerprint density at radius 2 is 1.86 bits per heavy atom. The summed E-state index contributed by atoms with van der Waals surface area (Å²) in [6.45, 7) is 0.478. The van der Waals surface area contributed by atoms with Crippen LogP contribution in [0.4, 0.5) is 4.39 Å². The smallest absolute Gasteiger partial charge is 0.289 e. The Morgan fingerprint density at radius 3 is 2.54 bits per heavy atom. The van der Waals surface area contributed by atoms with Crippen molar-refractivity contribution in [3.05, 3.63) is 89.1 Å². The van der Waals surface area contributed by atoms with E-state index in [4.69, 9.17) is 9.15 Å². The zero-order valence-corrected chi connectivity index (χ0v) is 15.6. The maximum atomic E-state index is 13.1. The Balaban J connectivity index is 1.81. The molecule has 0 aliphatic rings. The van der Waals surface area contributed by atoms with Crippen LogP contribution in [0.5, 0.6) is 5.75 Å². The highest BCUT2D eigenvalue weighted by Gasteiger charge is 2.21. The molecular formula is C22H22FNO4. The van der Waals surface area contributed by atoms with Gasteiger partial charge in [0.1, 0.15) is 23.9 Å². The molecule has 1 amide bonds. The van der Waals surface area contributed by atoms with E-state index < -0.39 is 0 Å². The van der Waals surface area contributed by atoms with Gasteiger partial charge in [-0.15, -0.1) is 0 Å². The van der Waals surface area contributed by atoms with E-state index in [1.165, 1.54) is 12.1 Å². The lowest BCUT2D eigenvalue weighted by Gasteiger charge is -2.23. The molecular weight excluding hydrogens is 361 g/mol. The van der Waals surface area contributed by atoms with Crippen molar-refractivity contribution >= 4 is 5.91 Å². The predicted molar refractivity (Wildman–Crippen MR) is 102 cm³/mol. The summed E-state index contributed by atoms with van der Waals surface area (Å²) in [5, 5.41) is 9.18. The van der Waals surface area contributed by atoms with Gasteiger partial charge in [-0.25, -0.2) is 4.39 Å². The maximum absolute atomic E-state index is 13.1. The molecule has 0 aliphatic heterocycles. The minimum absolute atomic E-state index is 0.165. The minimum atomic E-state index is -0.294. The summed E-state index contributed by atoms with van der Waals surface area (Å²) in [5.74, 6) is 0.611. The molecule has 0 spiro atoms. The molecule has 0 unspecified atom stereocenters. The average Bonchev–Trinajstić information content (AvgIpc) is 3.21. The molecule has 3 aromatic rings. The van der Waals surface area contributed by atoms with Crippen LogP contribution in [0, 0.1) is 5.82 Å². The predicted octanol–water partition coefficient (Wildman–Crippen LogP) is 3.80. The number of benzene rings is 2. The van der Waals surface area contributed by atoms with Crippen LogP contribution >= 0.6 is 0 Å². The topological polar surface area (TPSA) is 62.9 Å². The Morgan fingerprint density at radius 1 is 1.11 bits per heavy atom. The van der Waals surface area contributed by atoms with Crippen LogP contribution in [0.2, 0.25) is 0 Å². The first-order valence-electron chi connectivity index (χ1n) is 8.96. The number of hydrogen-bond donors (Lipinski definition) is 1. The Kier molecular flexibility index (Phi) is 6.45. The third-order valence-corrected chi connectivity index (χ3v) is 4.45. The monoisotopic (exact) mass is 383 g/mol. The number of methoxy groups -OCH3 is 1. The summed E-state index contributed by atoms with van der Waals surface area (Å²) in [6.07, 6.45) is 0.564. The van der Waals surface area contributed by atoms with Crippen molar-refractivity contribution in [2.24, 2.45) is 0 Å². The van der Waals surface area contributed by atoms with E-state index in [2.05, 4.69) is 0 Å². The summed E-state index contributed by atoms with van der Waals surface area (Å²) in [4.78, 5) is 14.7. The minimum Gasteiger partial charge on any atom is -0.496 e. The number of furan rings is 1. The van der Waals surface area contributed by atoms with Crippen LogP contribution in [-0.4, -0.2) is 29.6 Å². The van der Waals surface area contributed by atoms with E-state index >= 15 is 0 Å². The third-order valence-electron chi connectivity index (χ3n) is 4.45. The van der Waals surface area contributed by atoms with Gasteiger partial charge < -0.3 is 19.2 Å². The molecule has 1 aromatic heterocycles. The van der Waals surface area contributed by atoms with Crippen LogP contribution in [0.25, 0.3) is 0 Å². The molecule has 0 saturated carbocycles. The lowest BCUT2D eigenvalue weighted by Crippen LogP contribution is -2.32. The normalized spacial score (nSPS) is 10.7. The second kappa shape index (κ2) is 9.19. The van der Waals surface area contributed by atoms with Gasteiger partial charge in [-0.3, -0.25) is 4.79 Å². The number of hydrogen-bond acceptors (Lipinski definition) is 4. The fourth-order valence-corrected chi connectivity index (χ4v) is 2.94. The molecule has 2 aromatic carbocycles. The summed E-state index contributed by atoms with van der Waals surface area (Å²) in [6, 6.07) is 16.9. The second-order valence-corrected chi connectivity index (χ2v) is 6.34. The SMILES string of the molecule is COc1ccccc1CN(CCc1ccc(F)cc1)C(=O)c1ccc(CO)o1. The van der Waals surface area contributed by atoms with E-state index in [-0.39, 0.29) is 24.1 Å². The number of aliphatic hydroxyl groups is 1. The molecule has 0 bridgehead atoms. The molecule has 0 fully saturated rings. The molecule has 0 atom stereocenters. The van der Waals surface area contributed by atoms with Gasteiger partial charge in [-0.05, 0) is 42.3 Å². The molecule has 0 aliphatic carbocycles. The van der Waals surface area contributed by atoms with Crippen LogP contribution in [0.1, 0.15) is 27.4 Å². The van der Waals surface area contributed by atoms with Gasteiger partial charge in [0.25, 0.3) is 5.91 Å². The van der Waals surface area contributed by atoms with Crippen molar-refractivity contribution < 1.29 is 23.4 Å². The molecule has 28 heavy (non-hydrogen) atoms. The van der Waals surface area contributed by atoms with Crippen molar-refractivity contribution in [3.63, 3.8) is 0 Å². The number of aliphatic hydroxyl groups excluding tert-OH is 1. The Bertz CT molecular complexity index is 920. The molecule has 0 saturated heterocycles. The number of para-hydroxylation sites is 1. The highest BCUT2D eigenvalue weighted by molar-refractivity contribution is 5.91. The quantitative estimate of drug-likeness (QED) is 0.643. The first kappa shape index (κ1) is 19.6. The molecule has 146 valence electrons. The first-order valence-corrected chi connectivity index (χ1v) is 8.96. The second-order valence-electron chi connectivity index (χ2n) is 6.34. The van der Waals surface area contributed by atoms with E-state index in [0.29, 0.717) is 31.0 Å². The zero-order valence-electron chi connectivity index (χ0n) is 15.6. The Hall–Kier alpha value is -3.12. The number of halogens is 1. The van der Waals surface area contributed by atoms with Gasteiger partial charge in [0.05, 0.1) is 7.11 Å². The highest BCUT2D eigenvalue weighted by atomic mass is 19.1. The zero-order chi connectivity index (χ0) is 19.9. The van der Waals surface area contributed by atoms with Crippen LogP contribution in [0.3, 0.4) is 0 Å².